The Morgan fingerprint density at radius 3 is 2.61 bits per heavy atom. The third-order valence-corrected chi connectivity index (χ3v) is 3.82. The van der Waals surface area contributed by atoms with Gasteiger partial charge in [-0.15, -0.1) is 9.47 Å². The third kappa shape index (κ3) is 1.81. The number of fused-ring (bicyclic) bond motifs is 3. The number of rotatable bonds is 2. The van der Waals surface area contributed by atoms with Gasteiger partial charge in [-0.05, 0) is 24.3 Å². The van der Waals surface area contributed by atoms with E-state index >= 15 is 0 Å². The summed E-state index contributed by atoms with van der Waals surface area (Å²) in [4.78, 5) is 31.0. The van der Waals surface area contributed by atoms with Gasteiger partial charge in [0.15, 0.2) is 17.0 Å². The highest BCUT2D eigenvalue weighted by Crippen LogP contribution is 2.30. The molecule has 0 fully saturated rings. The van der Waals surface area contributed by atoms with Crippen LogP contribution in [0.5, 0.6) is 5.75 Å². The lowest BCUT2D eigenvalue weighted by Gasteiger charge is -2.08. The van der Waals surface area contributed by atoms with Crippen molar-refractivity contribution in [3.63, 3.8) is 0 Å². The van der Waals surface area contributed by atoms with Gasteiger partial charge in [0.25, 0.3) is 0 Å². The second-order valence-corrected chi connectivity index (χ2v) is 5.06. The lowest BCUT2D eigenvalue weighted by atomic mass is 10.2. The number of carbonyl (C=O) groups excluding carboxylic acids is 2. The first kappa shape index (κ1) is 13.4. The lowest BCUT2D eigenvalue weighted by Crippen LogP contribution is -2.46. The van der Waals surface area contributed by atoms with Crippen molar-refractivity contribution < 1.29 is 18.9 Å². The molecule has 1 aromatic heterocycles. The number of hydrogen-bond donors (Lipinski definition) is 0. The van der Waals surface area contributed by atoms with E-state index in [9.17, 15) is 9.59 Å². The Labute approximate surface area is 131 Å². The van der Waals surface area contributed by atoms with Crippen LogP contribution < -0.4 is 14.2 Å². The fourth-order valence-electron chi connectivity index (χ4n) is 2.77. The minimum Gasteiger partial charge on any atom is -0.492 e. The van der Waals surface area contributed by atoms with Crippen molar-refractivity contribution in [2.75, 3.05) is 12.0 Å². The van der Waals surface area contributed by atoms with Crippen LogP contribution in [0.25, 0.3) is 11.0 Å². The number of para-hydroxylation sites is 4. The van der Waals surface area contributed by atoms with Gasteiger partial charge in [-0.1, -0.05) is 24.3 Å². The van der Waals surface area contributed by atoms with E-state index in [4.69, 9.17) is 4.74 Å². The van der Waals surface area contributed by atoms with Crippen LogP contribution in [0.1, 0.15) is 10.5 Å². The van der Waals surface area contributed by atoms with Gasteiger partial charge < -0.3 is 4.74 Å². The summed E-state index contributed by atoms with van der Waals surface area (Å²) in [6.45, 7) is 0. The monoisotopic (exact) mass is 306 g/mol. The molecule has 1 aliphatic rings. The molecule has 2 amide bonds. The minimum atomic E-state index is -0.437. The minimum absolute atomic E-state index is 0.236. The fraction of sp³-hybridized carbons (Fsp3) is 0.0588. The van der Waals surface area contributed by atoms with E-state index in [2.05, 4.69) is 4.98 Å². The number of imide groups is 1. The van der Waals surface area contributed by atoms with Crippen molar-refractivity contribution in [3.05, 3.63) is 60.4 Å². The Hall–Kier alpha value is -3.28. The van der Waals surface area contributed by atoms with Crippen LogP contribution in [0.4, 0.5) is 10.5 Å². The molecule has 2 heterocycles. The molecule has 4 rings (SSSR count). The standard InChI is InChI=1S/C17H12N3O3/c1-23-15-9-5-4-8-13(15)20-16(21)14-10-18-11-6-2-3-7-12(11)19(14)17(20)22/h2-10H,1H3/q+1. The average Bonchev–Trinajstić information content (AvgIpc) is 2.86. The smallest absolute Gasteiger partial charge is 0.492 e. The summed E-state index contributed by atoms with van der Waals surface area (Å²) in [6.07, 6.45) is 1.43. The largest absolute Gasteiger partial charge is 0.512 e. The van der Waals surface area contributed by atoms with E-state index in [-0.39, 0.29) is 5.69 Å². The van der Waals surface area contributed by atoms with Crippen molar-refractivity contribution in [2.45, 2.75) is 0 Å². The van der Waals surface area contributed by atoms with Gasteiger partial charge in [0.05, 0.1) is 13.3 Å². The number of methoxy groups -OCH3 is 1. The van der Waals surface area contributed by atoms with Crippen molar-refractivity contribution >= 4 is 28.7 Å². The van der Waals surface area contributed by atoms with Crippen molar-refractivity contribution in [1.82, 2.24) is 4.98 Å². The summed E-state index contributed by atoms with van der Waals surface area (Å²) in [7, 11) is 1.50. The zero-order valence-corrected chi connectivity index (χ0v) is 12.3. The molecule has 0 saturated carbocycles. The van der Waals surface area contributed by atoms with E-state index in [1.165, 1.54) is 17.9 Å². The molecule has 6 nitrogen and oxygen atoms in total. The van der Waals surface area contributed by atoms with E-state index in [1.807, 2.05) is 6.07 Å². The van der Waals surface area contributed by atoms with Crippen molar-refractivity contribution in [1.29, 1.82) is 0 Å². The van der Waals surface area contributed by atoms with Crippen LogP contribution in [-0.4, -0.2) is 24.0 Å². The van der Waals surface area contributed by atoms with Gasteiger partial charge in [0, 0.05) is 0 Å². The highest BCUT2D eigenvalue weighted by molar-refractivity contribution is 6.22. The Kier molecular flexibility index (Phi) is 2.84. The Morgan fingerprint density at radius 2 is 1.78 bits per heavy atom. The van der Waals surface area contributed by atoms with Crippen LogP contribution >= 0.6 is 0 Å². The summed E-state index contributed by atoms with van der Waals surface area (Å²) in [5, 5.41) is 0. The van der Waals surface area contributed by atoms with Crippen LogP contribution in [0.15, 0.2) is 54.7 Å². The summed E-state index contributed by atoms with van der Waals surface area (Å²) >= 11 is 0. The number of nitrogens with zero attached hydrogens (tertiary/aromatic N) is 3. The molecule has 0 atom stereocenters. The number of hydrogen-bond acceptors (Lipinski definition) is 4. The van der Waals surface area contributed by atoms with Gasteiger partial charge in [-0.25, -0.2) is 9.78 Å². The fourth-order valence-corrected chi connectivity index (χ4v) is 2.77. The average molecular weight is 306 g/mol. The zero-order chi connectivity index (χ0) is 16.0. The molecular formula is C17H12N3O3+. The number of aromatic nitrogens is 2. The molecule has 0 radical (unpaired) electrons. The molecule has 3 aromatic rings. The maximum absolute atomic E-state index is 12.9. The van der Waals surface area contributed by atoms with E-state index in [1.54, 1.807) is 42.5 Å². The van der Waals surface area contributed by atoms with Crippen molar-refractivity contribution in [2.24, 2.45) is 0 Å². The molecule has 0 aliphatic carbocycles. The van der Waals surface area contributed by atoms with Crippen LogP contribution in [-0.2, 0) is 0 Å². The SMILES string of the molecule is COc1ccccc1N1C(=O)c2cnc3ccccc3[n+]2C1=O. The molecule has 0 saturated heterocycles. The molecule has 112 valence electrons. The highest BCUT2D eigenvalue weighted by Gasteiger charge is 2.49. The Bertz CT molecular complexity index is 968. The zero-order valence-electron chi connectivity index (χ0n) is 12.3. The Balaban J connectivity index is 1.95. The number of benzene rings is 2. The molecule has 6 heteroatoms. The van der Waals surface area contributed by atoms with Gasteiger partial charge in [-0.2, -0.15) is 4.79 Å². The molecule has 0 spiro atoms. The molecule has 0 unspecified atom stereocenters. The maximum atomic E-state index is 12.9. The Morgan fingerprint density at radius 1 is 1.04 bits per heavy atom. The maximum Gasteiger partial charge on any atom is 0.512 e. The van der Waals surface area contributed by atoms with Crippen LogP contribution in [0.3, 0.4) is 0 Å². The van der Waals surface area contributed by atoms with Gasteiger partial charge in [0.1, 0.15) is 5.52 Å². The first-order valence-corrected chi connectivity index (χ1v) is 7.04. The van der Waals surface area contributed by atoms with Crippen molar-refractivity contribution in [3.8, 4) is 5.75 Å². The first-order valence-electron chi connectivity index (χ1n) is 7.04. The van der Waals surface area contributed by atoms with Crippen LogP contribution in [0, 0.1) is 0 Å². The first-order chi connectivity index (χ1) is 11.2. The van der Waals surface area contributed by atoms with E-state index in [0.29, 0.717) is 22.5 Å². The molecular weight excluding hydrogens is 294 g/mol. The van der Waals surface area contributed by atoms with Gasteiger partial charge in [0.2, 0.25) is 5.69 Å². The molecule has 2 aromatic carbocycles. The summed E-state index contributed by atoms with van der Waals surface area (Å²) in [5.41, 5.74) is 1.90. The van der Waals surface area contributed by atoms with Crippen LogP contribution in [0.2, 0.25) is 0 Å². The second kappa shape index (κ2) is 4.88. The number of amides is 2. The normalized spacial score (nSPS) is 13.5. The molecule has 1 aliphatic heterocycles. The summed E-state index contributed by atoms with van der Waals surface area (Å²) in [6, 6.07) is 13.7. The number of ether oxygens (including phenoxy) is 1. The van der Waals surface area contributed by atoms with E-state index in [0.717, 1.165) is 4.90 Å². The van der Waals surface area contributed by atoms with Gasteiger partial charge >= 0.3 is 11.9 Å². The predicted molar refractivity (Wildman–Crippen MR) is 82.5 cm³/mol. The summed E-state index contributed by atoms with van der Waals surface area (Å²) < 4.78 is 6.66. The highest BCUT2D eigenvalue weighted by atomic mass is 16.5. The van der Waals surface area contributed by atoms with Gasteiger partial charge in [-0.3, -0.25) is 0 Å². The third-order valence-electron chi connectivity index (χ3n) is 3.82. The molecule has 0 bridgehead atoms. The number of carbonyl (C=O) groups is 2. The van der Waals surface area contributed by atoms with E-state index < -0.39 is 11.9 Å². The number of anilines is 1. The molecule has 0 N–H and O–H groups in total. The summed E-state index contributed by atoms with van der Waals surface area (Å²) in [5.74, 6) is 0.0395. The predicted octanol–water partition coefficient (Wildman–Crippen LogP) is 2.16. The molecule has 23 heavy (non-hydrogen) atoms. The second-order valence-electron chi connectivity index (χ2n) is 5.06. The quantitative estimate of drug-likeness (QED) is 0.681. The topological polar surface area (TPSA) is 63.4 Å². The lowest BCUT2D eigenvalue weighted by molar-refractivity contribution is -0.537.